The number of benzene rings is 2. The Morgan fingerprint density at radius 3 is 1.93 bits per heavy atom. The van der Waals surface area contributed by atoms with Gasteiger partial charge in [0.1, 0.15) is 5.41 Å². The van der Waals surface area contributed by atoms with Crippen molar-refractivity contribution in [1.29, 1.82) is 0 Å². The SMILES string of the molecule is CN1C(=O)N(C)C(=O)C(/C=C/c2ccccc2)(CCCc2ccccc2)C1=O. The summed E-state index contributed by atoms with van der Waals surface area (Å²) in [7, 11) is 2.85. The zero-order chi connectivity index (χ0) is 20.1. The molecular weight excluding hydrogens is 352 g/mol. The van der Waals surface area contributed by atoms with Crippen molar-refractivity contribution >= 4 is 23.9 Å². The van der Waals surface area contributed by atoms with Crippen LogP contribution in [0.5, 0.6) is 0 Å². The monoisotopic (exact) mass is 376 g/mol. The van der Waals surface area contributed by atoms with Gasteiger partial charge >= 0.3 is 6.03 Å². The molecule has 0 spiro atoms. The summed E-state index contributed by atoms with van der Waals surface area (Å²) in [5.74, 6) is -0.943. The van der Waals surface area contributed by atoms with E-state index in [0.717, 1.165) is 27.3 Å². The fraction of sp³-hybridized carbons (Fsp3) is 0.261. The standard InChI is InChI=1S/C23H24N2O3/c1-24-20(26)23(21(27)25(2)22(24)28,17-15-19-12-7-4-8-13-19)16-9-14-18-10-5-3-6-11-18/h3-8,10-13,15,17H,9,14,16H2,1-2H3/b17-15+. The second-order valence-electron chi connectivity index (χ2n) is 7.07. The summed E-state index contributed by atoms with van der Waals surface area (Å²) in [5, 5.41) is 0. The first kappa shape index (κ1) is 19.5. The Morgan fingerprint density at radius 2 is 1.36 bits per heavy atom. The van der Waals surface area contributed by atoms with Crippen molar-refractivity contribution in [2.75, 3.05) is 14.1 Å². The third-order valence-corrected chi connectivity index (χ3v) is 5.19. The molecule has 1 heterocycles. The Bertz CT molecular complexity index is 867. The van der Waals surface area contributed by atoms with Crippen molar-refractivity contribution in [2.45, 2.75) is 19.3 Å². The Kier molecular flexibility index (Phi) is 5.73. The van der Waals surface area contributed by atoms with Gasteiger partial charge in [-0.25, -0.2) is 4.79 Å². The summed E-state index contributed by atoms with van der Waals surface area (Å²) in [4.78, 5) is 40.4. The van der Waals surface area contributed by atoms with Gasteiger partial charge in [-0.1, -0.05) is 72.8 Å². The number of carbonyl (C=O) groups is 3. The molecule has 0 saturated carbocycles. The number of carbonyl (C=O) groups excluding carboxylic acids is 3. The highest BCUT2D eigenvalue weighted by Gasteiger charge is 2.53. The van der Waals surface area contributed by atoms with Gasteiger partial charge in [0, 0.05) is 14.1 Å². The second-order valence-corrected chi connectivity index (χ2v) is 7.07. The number of amides is 4. The first-order chi connectivity index (χ1) is 13.5. The van der Waals surface area contributed by atoms with E-state index in [1.165, 1.54) is 14.1 Å². The third kappa shape index (κ3) is 3.74. The van der Waals surface area contributed by atoms with E-state index < -0.39 is 23.3 Å². The Labute approximate surface area is 165 Å². The lowest BCUT2D eigenvalue weighted by Gasteiger charge is -2.40. The zero-order valence-electron chi connectivity index (χ0n) is 16.2. The van der Waals surface area contributed by atoms with Gasteiger partial charge in [-0.15, -0.1) is 0 Å². The lowest BCUT2D eigenvalue weighted by atomic mass is 9.77. The molecule has 0 aliphatic carbocycles. The quantitative estimate of drug-likeness (QED) is 0.722. The molecule has 1 saturated heterocycles. The van der Waals surface area contributed by atoms with Crippen LogP contribution in [-0.2, 0) is 16.0 Å². The van der Waals surface area contributed by atoms with Crippen molar-refractivity contribution < 1.29 is 14.4 Å². The maximum absolute atomic E-state index is 13.1. The number of urea groups is 1. The minimum Gasteiger partial charge on any atom is -0.273 e. The molecule has 28 heavy (non-hydrogen) atoms. The average molecular weight is 376 g/mol. The number of rotatable bonds is 6. The number of imide groups is 2. The molecular formula is C23H24N2O3. The van der Waals surface area contributed by atoms with Crippen LogP contribution in [0.25, 0.3) is 6.08 Å². The highest BCUT2D eigenvalue weighted by molar-refractivity contribution is 6.20. The molecule has 2 aromatic rings. The smallest absolute Gasteiger partial charge is 0.273 e. The molecule has 2 aromatic carbocycles. The number of nitrogens with zero attached hydrogens (tertiary/aromatic N) is 2. The van der Waals surface area contributed by atoms with E-state index in [-0.39, 0.29) is 0 Å². The van der Waals surface area contributed by atoms with Crippen molar-refractivity contribution in [2.24, 2.45) is 5.41 Å². The molecule has 3 rings (SSSR count). The van der Waals surface area contributed by atoms with Gasteiger partial charge in [0.05, 0.1) is 0 Å². The minimum absolute atomic E-state index is 0.338. The summed E-state index contributed by atoms with van der Waals surface area (Å²) in [6.45, 7) is 0. The Balaban J connectivity index is 1.91. The average Bonchev–Trinajstić information content (AvgIpc) is 2.74. The van der Waals surface area contributed by atoms with Crippen LogP contribution in [0, 0.1) is 5.41 Å². The third-order valence-electron chi connectivity index (χ3n) is 5.19. The van der Waals surface area contributed by atoms with Crippen LogP contribution in [0.3, 0.4) is 0 Å². The highest BCUT2D eigenvalue weighted by atomic mass is 16.2. The number of hydrogen-bond acceptors (Lipinski definition) is 3. The summed E-state index contributed by atoms with van der Waals surface area (Å²) in [6, 6.07) is 18.9. The van der Waals surface area contributed by atoms with E-state index in [2.05, 4.69) is 0 Å². The fourth-order valence-corrected chi connectivity index (χ4v) is 3.55. The minimum atomic E-state index is -1.37. The first-order valence-corrected chi connectivity index (χ1v) is 9.34. The summed E-state index contributed by atoms with van der Waals surface area (Å²) >= 11 is 0. The Hall–Kier alpha value is -3.21. The molecule has 1 aliphatic heterocycles. The molecule has 144 valence electrons. The zero-order valence-corrected chi connectivity index (χ0v) is 16.2. The molecule has 5 nitrogen and oxygen atoms in total. The van der Waals surface area contributed by atoms with Crippen molar-refractivity contribution in [3.05, 3.63) is 77.9 Å². The van der Waals surface area contributed by atoms with Gasteiger partial charge in [0.2, 0.25) is 11.8 Å². The van der Waals surface area contributed by atoms with Crippen LogP contribution in [0.2, 0.25) is 0 Å². The fourth-order valence-electron chi connectivity index (χ4n) is 3.55. The largest absolute Gasteiger partial charge is 0.332 e. The van der Waals surface area contributed by atoms with Crippen LogP contribution in [0.15, 0.2) is 66.7 Å². The maximum Gasteiger partial charge on any atom is 0.332 e. The molecule has 0 bridgehead atoms. The predicted octanol–water partition coefficient (Wildman–Crippen LogP) is 3.76. The normalized spacial score (nSPS) is 16.9. The van der Waals surface area contributed by atoms with Gasteiger partial charge in [-0.05, 0) is 30.4 Å². The van der Waals surface area contributed by atoms with Crippen molar-refractivity contribution in [1.82, 2.24) is 9.80 Å². The van der Waals surface area contributed by atoms with Crippen LogP contribution >= 0.6 is 0 Å². The van der Waals surface area contributed by atoms with Crippen molar-refractivity contribution in [3.8, 4) is 0 Å². The summed E-state index contributed by atoms with van der Waals surface area (Å²) in [5.41, 5.74) is 0.674. The van der Waals surface area contributed by atoms with Gasteiger partial charge in [0.25, 0.3) is 0 Å². The maximum atomic E-state index is 13.1. The van der Waals surface area contributed by atoms with E-state index in [1.807, 2.05) is 60.7 Å². The number of aryl methyl sites for hydroxylation is 1. The van der Waals surface area contributed by atoms with Crippen LogP contribution in [0.1, 0.15) is 24.0 Å². The molecule has 5 heteroatoms. The van der Waals surface area contributed by atoms with E-state index in [4.69, 9.17) is 0 Å². The molecule has 0 unspecified atom stereocenters. The molecule has 0 radical (unpaired) electrons. The summed E-state index contributed by atoms with van der Waals surface area (Å²) < 4.78 is 0. The van der Waals surface area contributed by atoms with E-state index >= 15 is 0 Å². The topological polar surface area (TPSA) is 57.7 Å². The molecule has 0 atom stereocenters. The lowest BCUT2D eigenvalue weighted by molar-refractivity contribution is -0.153. The van der Waals surface area contributed by atoms with E-state index in [9.17, 15) is 14.4 Å². The highest BCUT2D eigenvalue weighted by Crippen LogP contribution is 2.36. The lowest BCUT2D eigenvalue weighted by Crippen LogP contribution is -2.62. The number of hydrogen-bond donors (Lipinski definition) is 0. The van der Waals surface area contributed by atoms with E-state index in [0.29, 0.717) is 12.8 Å². The van der Waals surface area contributed by atoms with Gasteiger partial charge in [0.15, 0.2) is 0 Å². The first-order valence-electron chi connectivity index (χ1n) is 9.34. The molecule has 4 amide bonds. The molecule has 1 fully saturated rings. The Morgan fingerprint density at radius 1 is 0.821 bits per heavy atom. The van der Waals surface area contributed by atoms with Crippen LogP contribution in [-0.4, -0.2) is 41.7 Å². The molecule has 0 aromatic heterocycles. The second kappa shape index (κ2) is 8.21. The van der Waals surface area contributed by atoms with Crippen molar-refractivity contribution in [3.63, 3.8) is 0 Å². The number of barbiturate groups is 1. The summed E-state index contributed by atoms with van der Waals surface area (Å²) in [6.07, 6.45) is 5.19. The van der Waals surface area contributed by atoms with Gasteiger partial charge < -0.3 is 0 Å². The van der Waals surface area contributed by atoms with E-state index in [1.54, 1.807) is 12.2 Å². The molecule has 1 aliphatic rings. The van der Waals surface area contributed by atoms with Gasteiger partial charge in [-0.3, -0.25) is 19.4 Å². The van der Waals surface area contributed by atoms with Crippen LogP contribution in [0.4, 0.5) is 4.79 Å². The van der Waals surface area contributed by atoms with Gasteiger partial charge in [-0.2, -0.15) is 0 Å². The van der Waals surface area contributed by atoms with Crippen LogP contribution < -0.4 is 0 Å². The predicted molar refractivity (Wildman–Crippen MR) is 108 cm³/mol. The molecule has 0 N–H and O–H groups in total.